The summed E-state index contributed by atoms with van der Waals surface area (Å²) in [5, 5.41) is 15.3. The van der Waals surface area contributed by atoms with Crippen molar-refractivity contribution >= 4 is 50.4 Å². The molecule has 0 aliphatic carbocycles. The van der Waals surface area contributed by atoms with E-state index in [1.807, 2.05) is 12.1 Å². The molecular weight excluding hydrogens is 549 g/mol. The van der Waals surface area contributed by atoms with Gasteiger partial charge < -0.3 is 4.74 Å². The summed E-state index contributed by atoms with van der Waals surface area (Å²) in [6, 6.07) is 20.1. The van der Waals surface area contributed by atoms with Crippen LogP contribution in [-0.2, 0) is 17.8 Å². The highest BCUT2D eigenvalue weighted by Crippen LogP contribution is 2.23. The molecule has 0 aliphatic rings. The Bertz CT molecular complexity index is 1380. The van der Waals surface area contributed by atoms with Gasteiger partial charge in [-0.25, -0.2) is 9.82 Å². The number of hydrogen-bond acceptors (Lipinski definition) is 7. The number of halogens is 2. The van der Waals surface area contributed by atoms with Crippen LogP contribution in [0.25, 0.3) is 0 Å². The highest BCUT2D eigenvalue weighted by atomic mass is 79.9. The fourth-order valence-corrected chi connectivity index (χ4v) is 4.09. The largest absolute Gasteiger partial charge is 0.488 e. The fourth-order valence-electron chi connectivity index (χ4n) is 2.98. The normalized spacial score (nSPS) is 10.8. The second-order valence-corrected chi connectivity index (χ2v) is 9.37. The molecule has 0 unspecified atom stereocenters. The van der Waals surface area contributed by atoms with Crippen LogP contribution in [0.5, 0.6) is 5.75 Å². The number of nitrogens with one attached hydrogen (secondary N) is 2. The Kier molecular flexibility index (Phi) is 8.48. The van der Waals surface area contributed by atoms with Gasteiger partial charge in [0.15, 0.2) is 0 Å². The van der Waals surface area contributed by atoms with E-state index in [-0.39, 0.29) is 24.8 Å². The van der Waals surface area contributed by atoms with Crippen molar-refractivity contribution in [2.45, 2.75) is 13.0 Å². The highest BCUT2D eigenvalue weighted by Gasteiger charge is 2.12. The van der Waals surface area contributed by atoms with Gasteiger partial charge in [0.25, 0.3) is 5.91 Å². The van der Waals surface area contributed by atoms with Gasteiger partial charge in [-0.05, 0) is 48.0 Å². The Labute approximate surface area is 218 Å². The molecule has 1 aromatic heterocycles. The van der Waals surface area contributed by atoms with Gasteiger partial charge in [0.2, 0.25) is 11.0 Å². The number of rotatable bonds is 9. The van der Waals surface area contributed by atoms with E-state index < -0.39 is 5.91 Å². The summed E-state index contributed by atoms with van der Waals surface area (Å²) in [6.45, 7) is 0.245. The number of hydrazone groups is 1. The van der Waals surface area contributed by atoms with Crippen LogP contribution in [0.2, 0.25) is 0 Å². The van der Waals surface area contributed by atoms with Gasteiger partial charge in [0.1, 0.15) is 23.2 Å². The standard InChI is InChI=1S/C25H19BrFN5O3S/c26-19-8-11-21(35-15-16-6-9-20(27)10-7-16)18(12-19)14-28-30-22(33)13-23-31-32-25(36-23)29-24(34)17-4-2-1-3-5-17/h1-12,14H,13,15H2,(H,30,33)(H,29,32,34). The molecule has 2 N–H and O–H groups in total. The third-order valence-electron chi connectivity index (χ3n) is 4.71. The molecule has 8 nitrogen and oxygen atoms in total. The Morgan fingerprint density at radius 2 is 1.83 bits per heavy atom. The fraction of sp³-hybridized carbons (Fsp3) is 0.0800. The van der Waals surface area contributed by atoms with Gasteiger partial charge in [0, 0.05) is 15.6 Å². The van der Waals surface area contributed by atoms with Gasteiger partial charge in [0.05, 0.1) is 12.6 Å². The smallest absolute Gasteiger partial charge is 0.257 e. The quantitative estimate of drug-likeness (QED) is 0.219. The average molecular weight is 568 g/mol. The van der Waals surface area contributed by atoms with E-state index in [1.165, 1.54) is 18.3 Å². The van der Waals surface area contributed by atoms with Crippen LogP contribution in [0, 0.1) is 5.82 Å². The van der Waals surface area contributed by atoms with E-state index in [0.717, 1.165) is 21.4 Å². The van der Waals surface area contributed by atoms with Crippen molar-refractivity contribution in [2.24, 2.45) is 5.10 Å². The molecule has 0 atom stereocenters. The highest BCUT2D eigenvalue weighted by molar-refractivity contribution is 9.10. The summed E-state index contributed by atoms with van der Waals surface area (Å²) >= 11 is 4.52. The number of carbonyl (C=O) groups is 2. The van der Waals surface area contributed by atoms with Gasteiger partial charge in [-0.2, -0.15) is 5.10 Å². The maximum absolute atomic E-state index is 13.1. The second kappa shape index (κ2) is 12.1. The van der Waals surface area contributed by atoms with E-state index in [9.17, 15) is 14.0 Å². The lowest BCUT2D eigenvalue weighted by Crippen LogP contribution is -2.19. The molecular formula is C25H19BrFN5O3S. The molecule has 0 saturated heterocycles. The number of benzene rings is 3. The van der Waals surface area contributed by atoms with Gasteiger partial charge >= 0.3 is 0 Å². The molecule has 0 radical (unpaired) electrons. The van der Waals surface area contributed by atoms with E-state index in [4.69, 9.17) is 4.74 Å². The van der Waals surface area contributed by atoms with Crippen LogP contribution in [0.1, 0.15) is 26.5 Å². The maximum atomic E-state index is 13.1. The van der Waals surface area contributed by atoms with Crippen molar-refractivity contribution in [1.82, 2.24) is 15.6 Å². The summed E-state index contributed by atoms with van der Waals surface area (Å²) in [6.07, 6.45) is 1.41. The molecule has 11 heteroatoms. The summed E-state index contributed by atoms with van der Waals surface area (Å²) < 4.78 is 19.7. The Morgan fingerprint density at radius 3 is 2.61 bits per heavy atom. The van der Waals surface area contributed by atoms with E-state index in [2.05, 4.69) is 42.0 Å². The number of anilines is 1. The summed E-state index contributed by atoms with van der Waals surface area (Å²) in [7, 11) is 0. The van der Waals surface area contributed by atoms with Crippen molar-refractivity contribution in [3.05, 3.63) is 105 Å². The number of carbonyl (C=O) groups excluding carboxylic acids is 2. The van der Waals surface area contributed by atoms with Gasteiger partial charge in [-0.15, -0.1) is 10.2 Å². The molecule has 1 heterocycles. The molecule has 0 fully saturated rings. The molecule has 36 heavy (non-hydrogen) atoms. The molecule has 0 saturated carbocycles. The summed E-state index contributed by atoms with van der Waals surface area (Å²) in [5.41, 5.74) is 4.39. The van der Waals surface area contributed by atoms with Crippen LogP contribution >= 0.6 is 27.3 Å². The minimum atomic E-state index is -0.396. The number of aromatic nitrogens is 2. The summed E-state index contributed by atoms with van der Waals surface area (Å²) in [5.74, 6) is -0.470. The summed E-state index contributed by atoms with van der Waals surface area (Å²) in [4.78, 5) is 24.5. The van der Waals surface area contributed by atoms with Crippen LogP contribution in [0.4, 0.5) is 9.52 Å². The van der Waals surface area contributed by atoms with E-state index in [0.29, 0.717) is 27.0 Å². The number of hydrogen-bond donors (Lipinski definition) is 2. The number of amides is 2. The SMILES string of the molecule is O=C(Cc1nnc(NC(=O)c2ccccc2)s1)NN=Cc1cc(Br)ccc1OCc1ccc(F)cc1. The number of nitrogens with zero attached hydrogens (tertiary/aromatic N) is 3. The molecule has 182 valence electrons. The zero-order valence-electron chi connectivity index (χ0n) is 18.7. The average Bonchev–Trinajstić information content (AvgIpc) is 3.31. The zero-order chi connectivity index (χ0) is 25.3. The first-order valence-electron chi connectivity index (χ1n) is 10.6. The molecule has 4 aromatic rings. The monoisotopic (exact) mass is 567 g/mol. The first-order valence-corrected chi connectivity index (χ1v) is 12.2. The third kappa shape index (κ3) is 7.27. The maximum Gasteiger partial charge on any atom is 0.257 e. The van der Waals surface area contributed by atoms with Crippen LogP contribution < -0.4 is 15.5 Å². The third-order valence-corrected chi connectivity index (χ3v) is 6.04. The second-order valence-electron chi connectivity index (χ2n) is 7.39. The van der Waals surface area contributed by atoms with Crippen molar-refractivity contribution in [3.63, 3.8) is 0 Å². The molecule has 0 spiro atoms. The molecule has 2 amide bonds. The minimum Gasteiger partial charge on any atom is -0.488 e. The topological polar surface area (TPSA) is 106 Å². The first-order chi connectivity index (χ1) is 17.5. The van der Waals surface area contributed by atoms with Crippen molar-refractivity contribution < 1.29 is 18.7 Å². The predicted octanol–water partition coefficient (Wildman–Crippen LogP) is 4.96. The molecule has 4 rings (SSSR count). The lowest BCUT2D eigenvalue weighted by atomic mass is 10.2. The number of ether oxygens (including phenoxy) is 1. The Balaban J connectivity index is 1.31. The lowest BCUT2D eigenvalue weighted by Gasteiger charge is -2.09. The Morgan fingerprint density at radius 1 is 1.06 bits per heavy atom. The minimum absolute atomic E-state index is 0.0530. The van der Waals surface area contributed by atoms with Crippen molar-refractivity contribution in [2.75, 3.05) is 5.32 Å². The molecule has 0 aliphatic heterocycles. The van der Waals surface area contributed by atoms with Crippen LogP contribution in [0.3, 0.4) is 0 Å². The van der Waals surface area contributed by atoms with E-state index in [1.54, 1.807) is 48.5 Å². The van der Waals surface area contributed by atoms with Gasteiger partial charge in [-0.1, -0.05) is 57.6 Å². The first kappa shape index (κ1) is 25.1. The van der Waals surface area contributed by atoms with E-state index >= 15 is 0 Å². The van der Waals surface area contributed by atoms with Crippen LogP contribution in [-0.4, -0.2) is 28.2 Å². The molecule has 0 bridgehead atoms. The predicted molar refractivity (Wildman–Crippen MR) is 139 cm³/mol. The zero-order valence-corrected chi connectivity index (χ0v) is 21.1. The lowest BCUT2D eigenvalue weighted by molar-refractivity contribution is -0.120. The van der Waals surface area contributed by atoms with Crippen molar-refractivity contribution in [3.8, 4) is 5.75 Å². The van der Waals surface area contributed by atoms with Crippen molar-refractivity contribution in [1.29, 1.82) is 0 Å². The Hall–Kier alpha value is -3.96. The van der Waals surface area contributed by atoms with Gasteiger partial charge in [-0.3, -0.25) is 14.9 Å². The molecule has 3 aromatic carbocycles. The van der Waals surface area contributed by atoms with Crippen LogP contribution in [0.15, 0.2) is 82.4 Å².